The Kier molecular flexibility index (Phi) is 5.97. The van der Waals surface area contributed by atoms with Crippen molar-refractivity contribution in [3.05, 3.63) is 39.5 Å². The quantitative estimate of drug-likeness (QED) is 0.771. The van der Waals surface area contributed by atoms with Crippen molar-refractivity contribution in [2.75, 3.05) is 13.1 Å². The van der Waals surface area contributed by atoms with E-state index in [1.165, 1.54) is 4.90 Å². The minimum atomic E-state index is -4.12. The third-order valence-electron chi connectivity index (χ3n) is 4.25. The van der Waals surface area contributed by atoms with Gasteiger partial charge in [-0.3, -0.25) is 0 Å². The summed E-state index contributed by atoms with van der Waals surface area (Å²) >= 11 is 6.18. The summed E-state index contributed by atoms with van der Waals surface area (Å²) in [5.74, 6) is 0. The van der Waals surface area contributed by atoms with E-state index in [0.29, 0.717) is 24.2 Å². The largest absolute Gasteiger partial charge is 0.345 e. The molecule has 2 rings (SSSR count). The number of nitriles is 1. The zero-order chi connectivity index (χ0) is 20.5. The van der Waals surface area contributed by atoms with E-state index in [2.05, 4.69) is 5.10 Å². The number of hydrogen-bond acceptors (Lipinski definition) is 5. The Bertz CT molecular complexity index is 1020. The van der Waals surface area contributed by atoms with Crippen molar-refractivity contribution in [3.63, 3.8) is 0 Å². The Labute approximate surface area is 164 Å². The molecule has 0 fully saturated rings. The lowest BCUT2D eigenvalue weighted by Gasteiger charge is -2.18. The Hall–Kier alpha value is -2.37. The van der Waals surface area contributed by atoms with Crippen molar-refractivity contribution < 1.29 is 13.2 Å². The van der Waals surface area contributed by atoms with Gasteiger partial charge in [0.25, 0.3) is 0 Å². The predicted molar refractivity (Wildman–Crippen MR) is 102 cm³/mol. The van der Waals surface area contributed by atoms with Gasteiger partial charge in [0.15, 0.2) is 5.69 Å². The average molecular weight is 409 g/mol. The smallest absolute Gasteiger partial charge is 0.323 e. The number of rotatable bonds is 4. The van der Waals surface area contributed by atoms with E-state index in [9.17, 15) is 18.5 Å². The Morgan fingerprint density at radius 1 is 1.22 bits per heavy atom. The maximum absolute atomic E-state index is 13.2. The van der Waals surface area contributed by atoms with E-state index < -0.39 is 20.9 Å². The molecule has 0 radical (unpaired) electrons. The van der Waals surface area contributed by atoms with E-state index in [0.717, 1.165) is 10.2 Å². The second kappa shape index (κ2) is 7.71. The van der Waals surface area contributed by atoms with E-state index in [4.69, 9.17) is 11.6 Å². The molecule has 1 heterocycles. The maximum Gasteiger partial charge on any atom is 0.345 e. The Balaban J connectivity index is 2.74. The number of nitrogens with zero attached hydrogens (tertiary/aromatic N) is 4. The van der Waals surface area contributed by atoms with E-state index in [-0.39, 0.29) is 15.6 Å². The molecule has 1 aromatic heterocycles. The van der Waals surface area contributed by atoms with Crippen LogP contribution in [0, 0.1) is 32.1 Å². The number of halogens is 1. The predicted octanol–water partition coefficient (Wildman–Crippen LogP) is 3.48. The summed E-state index contributed by atoms with van der Waals surface area (Å²) in [6.07, 6.45) is 0. The van der Waals surface area contributed by atoms with Crippen molar-refractivity contribution in [2.24, 2.45) is 0 Å². The highest BCUT2D eigenvalue weighted by molar-refractivity contribution is 7.91. The molecule has 7 nitrogen and oxygen atoms in total. The second-order valence-corrected chi connectivity index (χ2v) is 8.36. The van der Waals surface area contributed by atoms with Crippen LogP contribution in [-0.4, -0.2) is 42.2 Å². The Morgan fingerprint density at radius 3 is 2.19 bits per heavy atom. The van der Waals surface area contributed by atoms with Gasteiger partial charge >= 0.3 is 6.03 Å². The van der Waals surface area contributed by atoms with Crippen LogP contribution in [0.3, 0.4) is 0 Å². The van der Waals surface area contributed by atoms with E-state index in [1.807, 2.05) is 6.92 Å². The van der Waals surface area contributed by atoms with Crippen molar-refractivity contribution in [2.45, 2.75) is 44.5 Å². The van der Waals surface area contributed by atoms with Gasteiger partial charge in [0.1, 0.15) is 11.1 Å². The summed E-state index contributed by atoms with van der Waals surface area (Å²) in [5, 5.41) is 12.5. The molecular weight excluding hydrogens is 388 g/mol. The number of hydrogen-bond donors (Lipinski definition) is 0. The van der Waals surface area contributed by atoms with Gasteiger partial charge in [-0.2, -0.15) is 9.94 Å². The van der Waals surface area contributed by atoms with Crippen LogP contribution >= 0.6 is 11.6 Å². The molecule has 0 atom stereocenters. The van der Waals surface area contributed by atoms with Crippen LogP contribution in [0.25, 0.3) is 0 Å². The standard InChI is InChI=1S/C18H21ClN4O3S/c1-6-22(7-2)18(24)23-14(10-20)15(19)17(21-23)27(25,26)16-12(4)8-11(3)9-13(16)5/h8-9H,6-7H2,1-5H3. The topological polar surface area (TPSA) is 96.1 Å². The second-order valence-electron chi connectivity index (χ2n) is 6.18. The third-order valence-corrected chi connectivity index (χ3v) is 6.69. The van der Waals surface area contributed by atoms with Crippen molar-refractivity contribution in [1.29, 1.82) is 5.26 Å². The molecule has 9 heteroatoms. The van der Waals surface area contributed by atoms with Crippen LogP contribution in [0.4, 0.5) is 4.79 Å². The van der Waals surface area contributed by atoms with Gasteiger partial charge in [-0.1, -0.05) is 29.3 Å². The molecule has 27 heavy (non-hydrogen) atoms. The number of sulfone groups is 1. The fourth-order valence-electron chi connectivity index (χ4n) is 3.10. The molecule has 0 aliphatic rings. The molecule has 0 saturated heterocycles. The van der Waals surface area contributed by atoms with Crippen LogP contribution < -0.4 is 0 Å². The van der Waals surface area contributed by atoms with Gasteiger partial charge in [0, 0.05) is 13.1 Å². The third kappa shape index (κ3) is 3.57. The van der Waals surface area contributed by atoms with Crippen LogP contribution in [0.2, 0.25) is 5.02 Å². The first kappa shape index (κ1) is 20.9. The molecule has 2 aromatic rings. The normalized spacial score (nSPS) is 11.3. The van der Waals surface area contributed by atoms with Gasteiger partial charge in [0.2, 0.25) is 14.9 Å². The highest BCUT2D eigenvalue weighted by Gasteiger charge is 2.33. The lowest BCUT2D eigenvalue weighted by atomic mass is 10.1. The fraction of sp³-hybridized carbons (Fsp3) is 0.389. The molecule has 0 aliphatic carbocycles. The fourth-order valence-corrected chi connectivity index (χ4v) is 5.25. The molecule has 1 aromatic carbocycles. The molecule has 1 amide bonds. The monoisotopic (exact) mass is 408 g/mol. The number of carbonyl (C=O) groups excluding carboxylic acids is 1. The minimum absolute atomic E-state index is 0.0828. The molecule has 0 bridgehead atoms. The maximum atomic E-state index is 13.2. The van der Waals surface area contributed by atoms with Crippen LogP contribution in [-0.2, 0) is 9.84 Å². The first-order valence-electron chi connectivity index (χ1n) is 8.40. The van der Waals surface area contributed by atoms with Gasteiger partial charge < -0.3 is 4.90 Å². The van der Waals surface area contributed by atoms with Crippen molar-refractivity contribution in [3.8, 4) is 6.07 Å². The van der Waals surface area contributed by atoms with Crippen molar-refractivity contribution >= 4 is 27.5 Å². The zero-order valence-corrected chi connectivity index (χ0v) is 17.4. The van der Waals surface area contributed by atoms with Gasteiger partial charge in [-0.25, -0.2) is 13.2 Å². The van der Waals surface area contributed by atoms with Crippen LogP contribution in [0.1, 0.15) is 36.2 Å². The van der Waals surface area contributed by atoms with E-state index in [1.54, 1.807) is 45.9 Å². The number of carbonyl (C=O) groups is 1. The summed E-state index contributed by atoms with van der Waals surface area (Å²) in [6.45, 7) is 9.55. The Morgan fingerprint density at radius 2 is 1.74 bits per heavy atom. The number of amides is 1. The van der Waals surface area contributed by atoms with E-state index >= 15 is 0 Å². The summed E-state index contributed by atoms with van der Waals surface area (Å²) in [4.78, 5) is 14.1. The molecule has 0 N–H and O–H groups in total. The van der Waals surface area contributed by atoms with Gasteiger partial charge in [-0.15, -0.1) is 5.10 Å². The molecule has 144 valence electrons. The molecule has 0 spiro atoms. The molecule has 0 aliphatic heterocycles. The molecular formula is C18H21ClN4O3S. The van der Waals surface area contributed by atoms with Gasteiger partial charge in [0.05, 0.1) is 4.90 Å². The highest BCUT2D eigenvalue weighted by atomic mass is 35.5. The average Bonchev–Trinajstić information content (AvgIpc) is 2.91. The summed E-state index contributed by atoms with van der Waals surface area (Å²) in [7, 11) is -4.12. The van der Waals surface area contributed by atoms with Gasteiger partial charge in [-0.05, 0) is 45.7 Å². The lowest BCUT2D eigenvalue weighted by molar-refractivity contribution is 0.201. The minimum Gasteiger partial charge on any atom is -0.323 e. The van der Waals surface area contributed by atoms with Crippen molar-refractivity contribution in [1.82, 2.24) is 14.7 Å². The highest BCUT2D eigenvalue weighted by Crippen LogP contribution is 2.33. The number of aryl methyl sites for hydroxylation is 3. The lowest BCUT2D eigenvalue weighted by Crippen LogP contribution is -2.35. The molecule has 0 saturated carbocycles. The van der Waals surface area contributed by atoms with Crippen LogP contribution in [0.15, 0.2) is 22.1 Å². The SMILES string of the molecule is CCN(CC)C(=O)n1nc(S(=O)(=O)c2c(C)cc(C)cc2C)c(Cl)c1C#N. The molecule has 0 unspecified atom stereocenters. The summed E-state index contributed by atoms with van der Waals surface area (Å²) in [6, 6.07) is 4.68. The number of aromatic nitrogens is 2. The summed E-state index contributed by atoms with van der Waals surface area (Å²) < 4.78 is 27.2. The zero-order valence-electron chi connectivity index (χ0n) is 15.9. The first-order valence-corrected chi connectivity index (χ1v) is 10.3. The van der Waals surface area contributed by atoms with Crippen LogP contribution in [0.5, 0.6) is 0 Å². The summed E-state index contributed by atoms with van der Waals surface area (Å²) in [5.41, 5.74) is 1.72. The first-order chi connectivity index (χ1) is 12.6. The number of benzene rings is 1.